The van der Waals surface area contributed by atoms with Crippen molar-refractivity contribution in [2.75, 3.05) is 24.8 Å². The molecule has 2 atom stereocenters. The Morgan fingerprint density at radius 3 is 2.76 bits per heavy atom. The summed E-state index contributed by atoms with van der Waals surface area (Å²) in [7, 11) is 0. The number of aromatic hydroxyl groups is 1. The van der Waals surface area contributed by atoms with Crippen molar-refractivity contribution in [3.63, 3.8) is 0 Å². The van der Waals surface area contributed by atoms with Crippen LogP contribution < -0.4 is 10.4 Å². The first-order chi connectivity index (χ1) is 16.1. The number of ether oxygens (including phenoxy) is 1. The zero-order chi connectivity index (χ0) is 22.7. The molecule has 2 aromatic carbocycles. The molecule has 0 aliphatic carbocycles. The molecule has 168 valence electrons. The van der Waals surface area contributed by atoms with E-state index in [0.717, 1.165) is 16.0 Å². The summed E-state index contributed by atoms with van der Waals surface area (Å²) in [6.07, 6.45) is 0.999. The lowest BCUT2D eigenvalue weighted by Gasteiger charge is -2.51. The molecule has 3 aliphatic rings. The minimum Gasteiger partial charge on any atom is -0.502 e. The lowest BCUT2D eigenvalue weighted by molar-refractivity contribution is -0.0197. The number of hydrogen-bond acceptors (Lipinski definition) is 6. The van der Waals surface area contributed by atoms with E-state index in [4.69, 9.17) is 4.74 Å². The van der Waals surface area contributed by atoms with Crippen LogP contribution in [0, 0.1) is 5.82 Å². The van der Waals surface area contributed by atoms with E-state index in [1.807, 2.05) is 35.3 Å². The van der Waals surface area contributed by atoms with Crippen LogP contribution in [0.2, 0.25) is 0 Å². The number of nitrogens with zero attached hydrogens (tertiary/aromatic N) is 3. The van der Waals surface area contributed by atoms with Crippen molar-refractivity contribution in [3.8, 4) is 5.75 Å². The maximum Gasteiger partial charge on any atom is 0.278 e. The average molecular weight is 466 g/mol. The molecule has 0 unspecified atom stereocenters. The van der Waals surface area contributed by atoms with Crippen molar-refractivity contribution in [2.45, 2.75) is 22.9 Å². The van der Waals surface area contributed by atoms with Crippen molar-refractivity contribution >= 4 is 17.7 Å². The van der Waals surface area contributed by atoms with Crippen LogP contribution in [-0.2, 0) is 10.5 Å². The van der Waals surface area contributed by atoms with E-state index in [1.165, 1.54) is 18.3 Å². The van der Waals surface area contributed by atoms with E-state index in [-0.39, 0.29) is 18.1 Å². The number of rotatable bonds is 1. The van der Waals surface area contributed by atoms with Crippen LogP contribution in [-0.4, -0.2) is 46.5 Å². The lowest BCUT2D eigenvalue weighted by Crippen LogP contribution is -2.66. The van der Waals surface area contributed by atoms with Gasteiger partial charge in [-0.25, -0.2) is 4.39 Å². The van der Waals surface area contributed by atoms with Crippen LogP contribution in [0.5, 0.6) is 5.75 Å². The highest BCUT2D eigenvalue weighted by atomic mass is 32.2. The van der Waals surface area contributed by atoms with Gasteiger partial charge in [0.15, 0.2) is 11.4 Å². The summed E-state index contributed by atoms with van der Waals surface area (Å²) < 4.78 is 22.3. The van der Waals surface area contributed by atoms with Gasteiger partial charge in [-0.15, -0.1) is 11.8 Å². The standard InChI is InChI=1S/C24H20FN3O4S/c25-17-6-3-5-14-16(17)13-33-19-7-2-1-4-15(19)21(14)28-20-12-32-11-10-26(20)24(31)22-23(30)18(29)8-9-27(22)28/h1-9,20-21,30H,10-13H2/t20-,21+/m1/s1. The van der Waals surface area contributed by atoms with Gasteiger partial charge in [-0.3, -0.25) is 19.3 Å². The second kappa shape index (κ2) is 7.64. The summed E-state index contributed by atoms with van der Waals surface area (Å²) in [5, 5.41) is 12.5. The van der Waals surface area contributed by atoms with Gasteiger partial charge < -0.3 is 14.7 Å². The second-order valence-electron chi connectivity index (χ2n) is 8.19. The Labute approximate surface area is 193 Å². The summed E-state index contributed by atoms with van der Waals surface area (Å²) in [6, 6.07) is 13.7. The number of pyridine rings is 1. The first kappa shape index (κ1) is 20.3. The Morgan fingerprint density at radius 1 is 1.06 bits per heavy atom. The van der Waals surface area contributed by atoms with E-state index < -0.39 is 29.3 Å². The number of hydrogen-bond donors (Lipinski definition) is 1. The van der Waals surface area contributed by atoms with Gasteiger partial charge in [0.1, 0.15) is 12.0 Å². The van der Waals surface area contributed by atoms with E-state index in [9.17, 15) is 14.7 Å². The molecule has 4 heterocycles. The summed E-state index contributed by atoms with van der Waals surface area (Å²) in [5.74, 6) is -0.834. The summed E-state index contributed by atoms with van der Waals surface area (Å²) in [4.78, 5) is 28.2. The molecular formula is C24H20FN3O4S. The summed E-state index contributed by atoms with van der Waals surface area (Å²) >= 11 is 1.56. The van der Waals surface area contributed by atoms with Crippen molar-refractivity contribution in [1.29, 1.82) is 0 Å². The third-order valence-corrected chi connectivity index (χ3v) is 7.59. The largest absolute Gasteiger partial charge is 0.502 e. The Morgan fingerprint density at radius 2 is 1.88 bits per heavy atom. The Bertz CT molecular complexity index is 1340. The molecule has 9 heteroatoms. The Balaban J connectivity index is 1.67. The van der Waals surface area contributed by atoms with E-state index in [1.54, 1.807) is 27.4 Å². The summed E-state index contributed by atoms with van der Waals surface area (Å²) in [6.45, 7) is 0.923. The molecule has 3 aliphatic heterocycles. The van der Waals surface area contributed by atoms with Gasteiger partial charge in [0.05, 0.1) is 19.3 Å². The van der Waals surface area contributed by atoms with Gasteiger partial charge in [0, 0.05) is 35.0 Å². The topological polar surface area (TPSA) is 75.0 Å². The third kappa shape index (κ3) is 2.99. The SMILES string of the molecule is O=C1c2c(O)c(=O)ccn2N([C@@H]2c3ccccc3SCc3c(F)cccc32)[C@@H]2COCCN12. The van der Waals surface area contributed by atoms with E-state index in [0.29, 0.717) is 24.5 Å². The Hall–Kier alpha value is -3.30. The molecule has 1 amide bonds. The van der Waals surface area contributed by atoms with E-state index >= 15 is 4.39 Å². The highest BCUT2D eigenvalue weighted by Gasteiger charge is 2.45. The van der Waals surface area contributed by atoms with Gasteiger partial charge in [-0.2, -0.15) is 0 Å². The van der Waals surface area contributed by atoms with Gasteiger partial charge in [0.2, 0.25) is 5.43 Å². The number of benzene rings is 2. The van der Waals surface area contributed by atoms with Crippen molar-refractivity contribution < 1.29 is 19.0 Å². The van der Waals surface area contributed by atoms with Crippen LogP contribution in [0.4, 0.5) is 4.39 Å². The molecule has 33 heavy (non-hydrogen) atoms. The average Bonchev–Trinajstić information content (AvgIpc) is 3.00. The molecule has 7 nitrogen and oxygen atoms in total. The van der Waals surface area contributed by atoms with Crippen molar-refractivity contribution in [1.82, 2.24) is 9.58 Å². The molecule has 3 aromatic rings. The number of fused-ring (bicyclic) bond motifs is 4. The van der Waals surface area contributed by atoms with Gasteiger partial charge in [0.25, 0.3) is 5.91 Å². The number of amides is 1. The molecule has 6 rings (SSSR count). The monoisotopic (exact) mass is 465 g/mol. The van der Waals surface area contributed by atoms with Crippen LogP contribution in [0.1, 0.15) is 33.2 Å². The van der Waals surface area contributed by atoms with Crippen LogP contribution in [0.3, 0.4) is 0 Å². The van der Waals surface area contributed by atoms with E-state index in [2.05, 4.69) is 0 Å². The zero-order valence-electron chi connectivity index (χ0n) is 17.5. The predicted molar refractivity (Wildman–Crippen MR) is 120 cm³/mol. The molecule has 0 saturated carbocycles. The summed E-state index contributed by atoms with van der Waals surface area (Å²) in [5.41, 5.74) is 1.61. The third-order valence-electron chi connectivity index (χ3n) is 6.47. The number of thioether (sulfide) groups is 1. The molecule has 1 aromatic heterocycles. The minimum atomic E-state index is -0.621. The maximum absolute atomic E-state index is 15.0. The van der Waals surface area contributed by atoms with Gasteiger partial charge >= 0.3 is 0 Å². The zero-order valence-corrected chi connectivity index (χ0v) is 18.3. The molecule has 1 fully saturated rings. The minimum absolute atomic E-state index is 0.0898. The fraction of sp³-hybridized carbons (Fsp3) is 0.250. The molecular weight excluding hydrogens is 445 g/mol. The number of halogens is 1. The van der Waals surface area contributed by atoms with Crippen LogP contribution in [0.25, 0.3) is 0 Å². The molecule has 0 spiro atoms. The normalized spacial score (nSPS) is 21.5. The predicted octanol–water partition coefficient (Wildman–Crippen LogP) is 2.84. The Kier molecular flexibility index (Phi) is 4.70. The lowest BCUT2D eigenvalue weighted by atomic mass is 9.93. The fourth-order valence-electron chi connectivity index (χ4n) is 4.96. The number of carbonyl (C=O) groups is 1. The molecule has 0 radical (unpaired) electrons. The highest BCUT2D eigenvalue weighted by molar-refractivity contribution is 7.98. The fourth-order valence-corrected chi connectivity index (χ4v) is 6.08. The number of morpholine rings is 1. The quantitative estimate of drug-likeness (QED) is 0.596. The first-order valence-corrected chi connectivity index (χ1v) is 11.7. The molecule has 1 N–H and O–H groups in total. The molecule has 1 saturated heterocycles. The smallest absolute Gasteiger partial charge is 0.278 e. The highest BCUT2D eigenvalue weighted by Crippen LogP contribution is 2.44. The first-order valence-electron chi connectivity index (χ1n) is 10.7. The van der Waals surface area contributed by atoms with Gasteiger partial charge in [-0.05, 0) is 23.3 Å². The second-order valence-corrected chi connectivity index (χ2v) is 9.21. The van der Waals surface area contributed by atoms with Crippen molar-refractivity contribution in [3.05, 3.63) is 93.2 Å². The van der Waals surface area contributed by atoms with Gasteiger partial charge in [-0.1, -0.05) is 30.3 Å². The van der Waals surface area contributed by atoms with Crippen LogP contribution >= 0.6 is 11.8 Å². The van der Waals surface area contributed by atoms with Crippen molar-refractivity contribution in [2.24, 2.45) is 0 Å². The van der Waals surface area contributed by atoms with Crippen LogP contribution in [0.15, 0.2) is 64.4 Å². The molecule has 0 bridgehead atoms. The maximum atomic E-state index is 15.0. The number of aromatic nitrogens is 1. The number of carbonyl (C=O) groups excluding carboxylic acids is 1.